The molecule has 0 spiro atoms. The highest BCUT2D eigenvalue weighted by atomic mass is 16.5. The van der Waals surface area contributed by atoms with Crippen molar-refractivity contribution in [2.45, 2.75) is 25.7 Å². The summed E-state index contributed by atoms with van der Waals surface area (Å²) >= 11 is 0. The minimum atomic E-state index is 0.834. The van der Waals surface area contributed by atoms with Gasteiger partial charge in [-0.25, -0.2) is 0 Å². The lowest BCUT2D eigenvalue weighted by Crippen LogP contribution is -2.27. The molecular formula is C15H23NO2. The van der Waals surface area contributed by atoms with E-state index in [1.165, 1.54) is 37.9 Å². The van der Waals surface area contributed by atoms with Gasteiger partial charge < -0.3 is 14.8 Å². The molecular weight excluding hydrogens is 226 g/mol. The smallest absolute Gasteiger partial charge is 0.163 e. The van der Waals surface area contributed by atoms with Gasteiger partial charge in [0.15, 0.2) is 11.5 Å². The van der Waals surface area contributed by atoms with E-state index in [0.29, 0.717) is 0 Å². The Balaban J connectivity index is 1.99. The molecule has 1 aromatic rings. The Morgan fingerprint density at radius 1 is 1.17 bits per heavy atom. The van der Waals surface area contributed by atoms with Crippen molar-refractivity contribution in [3.05, 3.63) is 23.8 Å². The van der Waals surface area contributed by atoms with E-state index in [0.717, 1.165) is 23.8 Å². The molecule has 18 heavy (non-hydrogen) atoms. The normalized spacial score (nSPS) is 16.6. The van der Waals surface area contributed by atoms with Crippen LogP contribution in [0.25, 0.3) is 0 Å². The van der Waals surface area contributed by atoms with Gasteiger partial charge in [0.25, 0.3) is 0 Å². The number of ether oxygens (including phenoxy) is 2. The number of hydrogen-bond acceptors (Lipinski definition) is 3. The minimum Gasteiger partial charge on any atom is -0.493 e. The molecule has 100 valence electrons. The van der Waals surface area contributed by atoms with E-state index in [9.17, 15) is 0 Å². The highest BCUT2D eigenvalue weighted by Crippen LogP contribution is 2.32. The molecule has 1 heterocycles. The maximum atomic E-state index is 5.47. The van der Waals surface area contributed by atoms with E-state index in [1.54, 1.807) is 14.2 Å². The molecule has 3 heteroatoms. The van der Waals surface area contributed by atoms with E-state index in [4.69, 9.17) is 9.47 Å². The number of aryl methyl sites for hydroxylation is 1. The first-order chi connectivity index (χ1) is 8.85. The standard InChI is InChI=1S/C15H23NO2/c1-17-14-5-3-4-13(15(14)18-2)7-6-12-8-10-16-11-9-12/h3-5,12,16H,6-11H2,1-2H3. The monoisotopic (exact) mass is 249 g/mol. The third-order valence-corrected chi connectivity index (χ3v) is 3.77. The number of piperidine rings is 1. The lowest BCUT2D eigenvalue weighted by atomic mass is 9.91. The fourth-order valence-corrected chi connectivity index (χ4v) is 2.68. The average Bonchev–Trinajstić information content (AvgIpc) is 2.45. The van der Waals surface area contributed by atoms with Crippen LogP contribution in [-0.2, 0) is 6.42 Å². The molecule has 1 aromatic carbocycles. The fourth-order valence-electron chi connectivity index (χ4n) is 2.68. The van der Waals surface area contributed by atoms with Gasteiger partial charge in [0.05, 0.1) is 14.2 Å². The van der Waals surface area contributed by atoms with Gasteiger partial charge in [-0.1, -0.05) is 12.1 Å². The number of para-hydroxylation sites is 1. The molecule has 1 aliphatic heterocycles. The predicted octanol–water partition coefficient (Wildman–Crippen LogP) is 2.64. The summed E-state index contributed by atoms with van der Waals surface area (Å²) in [7, 11) is 3.40. The predicted molar refractivity (Wildman–Crippen MR) is 73.5 cm³/mol. The SMILES string of the molecule is COc1cccc(CCC2CCNCC2)c1OC. The zero-order chi connectivity index (χ0) is 12.8. The third kappa shape index (κ3) is 3.16. The molecule has 1 fully saturated rings. The van der Waals surface area contributed by atoms with E-state index < -0.39 is 0 Å². The summed E-state index contributed by atoms with van der Waals surface area (Å²) in [6.45, 7) is 2.33. The Morgan fingerprint density at radius 3 is 2.61 bits per heavy atom. The molecule has 0 radical (unpaired) electrons. The number of methoxy groups -OCH3 is 2. The molecule has 0 unspecified atom stereocenters. The van der Waals surface area contributed by atoms with Crippen molar-refractivity contribution < 1.29 is 9.47 Å². The molecule has 0 aromatic heterocycles. The number of nitrogens with one attached hydrogen (secondary N) is 1. The number of rotatable bonds is 5. The molecule has 1 N–H and O–H groups in total. The van der Waals surface area contributed by atoms with Gasteiger partial charge in [-0.15, -0.1) is 0 Å². The first kappa shape index (κ1) is 13.2. The Morgan fingerprint density at radius 2 is 1.94 bits per heavy atom. The molecule has 0 saturated carbocycles. The topological polar surface area (TPSA) is 30.5 Å². The van der Waals surface area contributed by atoms with Crippen molar-refractivity contribution in [1.29, 1.82) is 0 Å². The lowest BCUT2D eigenvalue weighted by Gasteiger charge is -2.23. The first-order valence-corrected chi connectivity index (χ1v) is 6.75. The van der Waals surface area contributed by atoms with Gasteiger partial charge >= 0.3 is 0 Å². The summed E-state index contributed by atoms with van der Waals surface area (Å²) < 4.78 is 10.8. The van der Waals surface area contributed by atoms with Gasteiger partial charge in [-0.3, -0.25) is 0 Å². The van der Waals surface area contributed by atoms with Crippen LogP contribution >= 0.6 is 0 Å². The van der Waals surface area contributed by atoms with E-state index in [1.807, 2.05) is 12.1 Å². The summed E-state index contributed by atoms with van der Waals surface area (Å²) in [6.07, 6.45) is 4.91. The summed E-state index contributed by atoms with van der Waals surface area (Å²) in [6, 6.07) is 6.13. The quantitative estimate of drug-likeness (QED) is 0.870. The van der Waals surface area contributed by atoms with Crippen molar-refractivity contribution in [1.82, 2.24) is 5.32 Å². The van der Waals surface area contributed by atoms with Crippen LogP contribution in [0.4, 0.5) is 0 Å². The van der Waals surface area contributed by atoms with Gasteiger partial charge in [-0.2, -0.15) is 0 Å². The summed E-state index contributed by atoms with van der Waals surface area (Å²) in [5, 5.41) is 3.41. The maximum absolute atomic E-state index is 5.47. The summed E-state index contributed by atoms with van der Waals surface area (Å²) in [5.74, 6) is 2.58. The van der Waals surface area contributed by atoms with Crippen LogP contribution in [0.15, 0.2) is 18.2 Å². The van der Waals surface area contributed by atoms with Crippen LogP contribution in [0.2, 0.25) is 0 Å². The summed E-state index contributed by atoms with van der Waals surface area (Å²) in [4.78, 5) is 0. The van der Waals surface area contributed by atoms with Crippen LogP contribution in [0.1, 0.15) is 24.8 Å². The van der Waals surface area contributed by atoms with Crippen LogP contribution in [0.5, 0.6) is 11.5 Å². The van der Waals surface area contributed by atoms with Crippen LogP contribution in [-0.4, -0.2) is 27.3 Å². The highest BCUT2D eigenvalue weighted by Gasteiger charge is 2.15. The number of benzene rings is 1. The molecule has 0 bridgehead atoms. The Hall–Kier alpha value is -1.22. The second-order valence-electron chi connectivity index (χ2n) is 4.88. The minimum absolute atomic E-state index is 0.834. The second kappa shape index (κ2) is 6.64. The maximum Gasteiger partial charge on any atom is 0.163 e. The first-order valence-electron chi connectivity index (χ1n) is 6.75. The Labute approximate surface area is 109 Å². The molecule has 2 rings (SSSR count). The molecule has 1 saturated heterocycles. The van der Waals surface area contributed by atoms with Crippen LogP contribution in [0.3, 0.4) is 0 Å². The molecule has 0 aliphatic carbocycles. The van der Waals surface area contributed by atoms with Crippen molar-refractivity contribution in [3.63, 3.8) is 0 Å². The fraction of sp³-hybridized carbons (Fsp3) is 0.600. The molecule has 3 nitrogen and oxygen atoms in total. The van der Waals surface area contributed by atoms with Crippen molar-refractivity contribution in [3.8, 4) is 11.5 Å². The average molecular weight is 249 g/mol. The summed E-state index contributed by atoms with van der Waals surface area (Å²) in [5.41, 5.74) is 1.26. The van der Waals surface area contributed by atoms with Crippen LogP contribution in [0, 0.1) is 5.92 Å². The zero-order valence-corrected chi connectivity index (χ0v) is 11.4. The molecule has 0 atom stereocenters. The Kier molecular flexibility index (Phi) is 4.88. The van der Waals surface area contributed by atoms with E-state index >= 15 is 0 Å². The second-order valence-corrected chi connectivity index (χ2v) is 4.88. The van der Waals surface area contributed by atoms with Crippen molar-refractivity contribution in [2.24, 2.45) is 5.92 Å². The highest BCUT2D eigenvalue weighted by molar-refractivity contribution is 5.46. The molecule has 0 amide bonds. The van der Waals surface area contributed by atoms with Gasteiger partial charge in [0.1, 0.15) is 0 Å². The van der Waals surface area contributed by atoms with E-state index in [-0.39, 0.29) is 0 Å². The van der Waals surface area contributed by atoms with Crippen molar-refractivity contribution in [2.75, 3.05) is 27.3 Å². The largest absolute Gasteiger partial charge is 0.493 e. The van der Waals surface area contributed by atoms with Gasteiger partial charge in [0.2, 0.25) is 0 Å². The molecule has 1 aliphatic rings. The lowest BCUT2D eigenvalue weighted by molar-refractivity contribution is 0.340. The van der Waals surface area contributed by atoms with Crippen molar-refractivity contribution >= 4 is 0 Å². The zero-order valence-electron chi connectivity index (χ0n) is 11.4. The van der Waals surface area contributed by atoms with E-state index in [2.05, 4.69) is 11.4 Å². The van der Waals surface area contributed by atoms with Gasteiger partial charge in [-0.05, 0) is 56.3 Å². The van der Waals surface area contributed by atoms with Crippen LogP contribution < -0.4 is 14.8 Å². The number of hydrogen-bond donors (Lipinski definition) is 1. The third-order valence-electron chi connectivity index (χ3n) is 3.77. The van der Waals surface area contributed by atoms with Gasteiger partial charge in [0, 0.05) is 0 Å². The Bertz CT molecular complexity index is 373.